The number of nitrogens with one attached hydrogen (secondary N) is 1. The number of pyridine rings is 1. The van der Waals surface area contributed by atoms with Crippen LogP contribution >= 0.6 is 11.6 Å². The van der Waals surface area contributed by atoms with Crippen molar-refractivity contribution in [3.8, 4) is 17.1 Å². The zero-order chi connectivity index (χ0) is 25.8. The standard InChI is InChI=1S/C21H18ClF5N6O2/c22-5-10(6-28)8-35-20-15(7-30-9-31-20)32-19(34)18-14(29)4-11(21(25,26)27)17(33-18)16-12(23)2-1-3-13(16)24/h1-4,7,9-10H,5-6,8,28-29H2,(H,32,34). The van der Waals surface area contributed by atoms with Crippen LogP contribution < -0.4 is 21.5 Å². The molecule has 5 N–H and O–H groups in total. The molecule has 3 aromatic rings. The highest BCUT2D eigenvalue weighted by molar-refractivity contribution is 6.18. The summed E-state index contributed by atoms with van der Waals surface area (Å²) < 4.78 is 75.0. The summed E-state index contributed by atoms with van der Waals surface area (Å²) in [6.07, 6.45) is -2.78. The molecule has 0 saturated heterocycles. The Hall–Kier alpha value is -3.58. The van der Waals surface area contributed by atoms with E-state index in [9.17, 15) is 26.7 Å². The van der Waals surface area contributed by atoms with Gasteiger partial charge >= 0.3 is 6.18 Å². The highest BCUT2D eigenvalue weighted by Gasteiger charge is 2.37. The van der Waals surface area contributed by atoms with E-state index in [0.29, 0.717) is 6.07 Å². The van der Waals surface area contributed by atoms with Gasteiger partial charge in [0.1, 0.15) is 23.6 Å². The number of benzene rings is 1. The zero-order valence-corrected chi connectivity index (χ0v) is 18.5. The fourth-order valence-electron chi connectivity index (χ4n) is 2.91. The number of alkyl halides is 4. The molecule has 0 aliphatic heterocycles. The first kappa shape index (κ1) is 26.0. The van der Waals surface area contributed by atoms with Crippen molar-refractivity contribution in [2.75, 3.05) is 30.1 Å². The van der Waals surface area contributed by atoms with Gasteiger partial charge in [0, 0.05) is 11.8 Å². The van der Waals surface area contributed by atoms with Crippen molar-refractivity contribution in [1.29, 1.82) is 0 Å². The quantitative estimate of drug-likeness (QED) is 0.306. The third-order valence-electron chi connectivity index (χ3n) is 4.70. The summed E-state index contributed by atoms with van der Waals surface area (Å²) in [6, 6.07) is 2.88. The number of halogens is 6. The lowest BCUT2D eigenvalue weighted by atomic mass is 10.0. The van der Waals surface area contributed by atoms with Gasteiger partial charge in [-0.05, 0) is 24.7 Å². The Morgan fingerprint density at radius 1 is 1.23 bits per heavy atom. The summed E-state index contributed by atoms with van der Waals surface area (Å²) in [5, 5.41) is 2.33. The van der Waals surface area contributed by atoms with Gasteiger partial charge in [-0.3, -0.25) is 4.79 Å². The Morgan fingerprint density at radius 2 is 1.91 bits per heavy atom. The van der Waals surface area contributed by atoms with E-state index in [2.05, 4.69) is 20.3 Å². The Bertz CT molecular complexity index is 1200. The van der Waals surface area contributed by atoms with Crippen molar-refractivity contribution in [2.24, 2.45) is 11.7 Å². The fourth-order valence-corrected chi connectivity index (χ4v) is 3.13. The minimum absolute atomic E-state index is 0.0528. The predicted molar refractivity (Wildman–Crippen MR) is 118 cm³/mol. The second kappa shape index (κ2) is 10.8. The third kappa shape index (κ3) is 5.92. The van der Waals surface area contributed by atoms with Crippen molar-refractivity contribution < 1.29 is 31.5 Å². The molecule has 0 bridgehead atoms. The number of nitrogens with zero attached hydrogens (tertiary/aromatic N) is 3. The zero-order valence-electron chi connectivity index (χ0n) is 17.7. The molecule has 1 atom stereocenters. The van der Waals surface area contributed by atoms with E-state index in [1.54, 1.807) is 0 Å². The van der Waals surface area contributed by atoms with Crippen LogP contribution in [0.5, 0.6) is 5.88 Å². The topological polar surface area (TPSA) is 129 Å². The Labute approximate surface area is 200 Å². The van der Waals surface area contributed by atoms with Gasteiger partial charge < -0.3 is 21.5 Å². The number of anilines is 2. The Kier molecular flexibility index (Phi) is 8.02. The summed E-state index contributed by atoms with van der Waals surface area (Å²) in [5.74, 6) is -3.81. The summed E-state index contributed by atoms with van der Waals surface area (Å²) in [4.78, 5) is 24.1. The van der Waals surface area contributed by atoms with Gasteiger partial charge in [0.05, 0.1) is 35.3 Å². The van der Waals surface area contributed by atoms with E-state index < -0.39 is 51.9 Å². The van der Waals surface area contributed by atoms with Crippen LogP contribution in [0.1, 0.15) is 16.1 Å². The van der Waals surface area contributed by atoms with E-state index in [0.717, 1.165) is 30.7 Å². The Morgan fingerprint density at radius 3 is 2.51 bits per heavy atom. The lowest BCUT2D eigenvalue weighted by molar-refractivity contribution is -0.137. The first-order valence-corrected chi connectivity index (χ1v) is 10.4. The molecule has 3 rings (SSSR count). The van der Waals surface area contributed by atoms with Crippen LogP contribution in [-0.4, -0.2) is 39.9 Å². The van der Waals surface area contributed by atoms with Crippen molar-refractivity contribution in [3.05, 3.63) is 59.7 Å². The van der Waals surface area contributed by atoms with E-state index in [1.807, 2.05) is 0 Å². The van der Waals surface area contributed by atoms with Gasteiger partial charge in [-0.25, -0.2) is 18.7 Å². The number of hydrogen-bond donors (Lipinski definition) is 3. The smallest absolute Gasteiger partial charge is 0.418 e. The number of amides is 1. The van der Waals surface area contributed by atoms with Gasteiger partial charge in [0.25, 0.3) is 5.91 Å². The van der Waals surface area contributed by atoms with E-state index >= 15 is 0 Å². The maximum Gasteiger partial charge on any atom is 0.418 e. The van der Waals surface area contributed by atoms with Crippen molar-refractivity contribution >= 4 is 28.9 Å². The molecule has 2 aromatic heterocycles. The summed E-state index contributed by atoms with van der Waals surface area (Å²) >= 11 is 5.77. The van der Waals surface area contributed by atoms with Crippen LogP contribution in [0, 0.1) is 17.6 Å². The molecule has 35 heavy (non-hydrogen) atoms. The maximum absolute atomic E-state index is 14.3. The molecule has 8 nitrogen and oxygen atoms in total. The molecule has 14 heteroatoms. The highest BCUT2D eigenvalue weighted by atomic mass is 35.5. The normalized spacial score (nSPS) is 12.3. The number of carbonyl (C=O) groups is 1. The second-order valence-electron chi connectivity index (χ2n) is 7.18. The average Bonchev–Trinajstić information content (AvgIpc) is 2.80. The van der Waals surface area contributed by atoms with Crippen LogP contribution in [0.15, 0.2) is 36.8 Å². The van der Waals surface area contributed by atoms with Gasteiger partial charge in [0.15, 0.2) is 5.69 Å². The number of rotatable bonds is 8. The van der Waals surface area contributed by atoms with E-state index in [-0.39, 0.29) is 36.5 Å². The average molecular weight is 517 g/mol. The van der Waals surface area contributed by atoms with Gasteiger partial charge in [0.2, 0.25) is 5.88 Å². The SMILES string of the molecule is NCC(CCl)COc1ncncc1NC(=O)c1nc(-c2c(F)cccc2F)c(C(F)(F)F)cc1N. The molecule has 2 heterocycles. The number of aromatic nitrogens is 3. The number of nitrogen functional groups attached to an aromatic ring is 1. The van der Waals surface area contributed by atoms with Crippen molar-refractivity contribution in [2.45, 2.75) is 6.18 Å². The highest BCUT2D eigenvalue weighted by Crippen LogP contribution is 2.39. The molecule has 0 spiro atoms. The summed E-state index contributed by atoms with van der Waals surface area (Å²) in [5.41, 5.74) is 6.05. The van der Waals surface area contributed by atoms with Crippen LogP contribution in [0.4, 0.5) is 33.3 Å². The van der Waals surface area contributed by atoms with Crippen LogP contribution in [-0.2, 0) is 6.18 Å². The summed E-state index contributed by atoms with van der Waals surface area (Å²) in [6.45, 7) is 0.273. The summed E-state index contributed by atoms with van der Waals surface area (Å²) in [7, 11) is 0. The second-order valence-corrected chi connectivity index (χ2v) is 7.49. The molecular formula is C21H18ClF5N6O2. The third-order valence-corrected chi connectivity index (χ3v) is 5.14. The number of nitrogens with two attached hydrogens (primary N) is 2. The van der Waals surface area contributed by atoms with E-state index in [1.165, 1.54) is 0 Å². The molecule has 186 valence electrons. The van der Waals surface area contributed by atoms with Gasteiger partial charge in [-0.1, -0.05) is 6.07 Å². The first-order valence-electron chi connectivity index (χ1n) is 9.89. The molecular weight excluding hydrogens is 499 g/mol. The van der Waals surface area contributed by atoms with Gasteiger partial charge in [-0.2, -0.15) is 18.2 Å². The number of hydrogen-bond acceptors (Lipinski definition) is 7. The monoisotopic (exact) mass is 516 g/mol. The lowest BCUT2D eigenvalue weighted by Gasteiger charge is -2.17. The number of ether oxygens (including phenoxy) is 1. The molecule has 0 saturated carbocycles. The largest absolute Gasteiger partial charge is 0.476 e. The predicted octanol–water partition coefficient (Wildman–Crippen LogP) is 3.86. The minimum atomic E-state index is -5.07. The van der Waals surface area contributed by atoms with Crippen LogP contribution in [0.25, 0.3) is 11.3 Å². The van der Waals surface area contributed by atoms with Crippen molar-refractivity contribution in [3.63, 3.8) is 0 Å². The van der Waals surface area contributed by atoms with Crippen LogP contribution in [0.3, 0.4) is 0 Å². The molecule has 1 unspecified atom stereocenters. The van der Waals surface area contributed by atoms with Crippen molar-refractivity contribution in [1.82, 2.24) is 15.0 Å². The molecule has 1 aromatic carbocycles. The fraction of sp³-hybridized carbons (Fsp3) is 0.238. The lowest BCUT2D eigenvalue weighted by Crippen LogP contribution is -2.24. The van der Waals surface area contributed by atoms with Gasteiger partial charge in [-0.15, -0.1) is 11.6 Å². The molecule has 0 aliphatic rings. The number of carbonyl (C=O) groups excluding carboxylic acids is 1. The molecule has 0 radical (unpaired) electrons. The Balaban J connectivity index is 2.02. The van der Waals surface area contributed by atoms with E-state index in [4.69, 9.17) is 27.8 Å². The molecule has 1 amide bonds. The molecule has 0 fully saturated rings. The van der Waals surface area contributed by atoms with Crippen LogP contribution in [0.2, 0.25) is 0 Å². The molecule has 0 aliphatic carbocycles. The first-order chi connectivity index (χ1) is 16.6. The minimum Gasteiger partial charge on any atom is -0.476 e. The maximum atomic E-state index is 14.3.